The molecule has 1 aromatic heterocycles. The minimum absolute atomic E-state index is 0.0696. The minimum atomic E-state index is -0.979. The largest absolute Gasteiger partial charge is 0.494 e. The highest BCUT2D eigenvalue weighted by atomic mass is 32.1. The molecule has 2 atom stereocenters. The first kappa shape index (κ1) is 24.6. The molecule has 4 rings (SSSR count). The smallest absolute Gasteiger partial charge is 0.344 e. The van der Waals surface area contributed by atoms with Gasteiger partial charge in [-0.05, 0) is 60.5 Å². The molecular formula is C27H27FN2O4S. The molecule has 0 spiro atoms. The van der Waals surface area contributed by atoms with Crippen molar-refractivity contribution < 1.29 is 23.8 Å². The standard InChI is InChI=1S/C27H27FN2O4S/c1-2-24(27(31)32)34-21-7-5-6-18(16-21)17-29-23(14-15-33-20-12-10-19(28)11-13-20)26-30-22-8-3-4-9-25(22)35-26/h3-13,16,23-24,29H,2,14-15,17H2,1H3,(H,31,32). The zero-order chi connectivity index (χ0) is 24.6. The summed E-state index contributed by atoms with van der Waals surface area (Å²) in [7, 11) is 0. The van der Waals surface area contributed by atoms with Gasteiger partial charge in [0, 0.05) is 13.0 Å². The molecule has 0 aliphatic rings. The fraction of sp³-hybridized carbons (Fsp3) is 0.259. The van der Waals surface area contributed by atoms with Crippen molar-refractivity contribution in [3.05, 3.63) is 89.2 Å². The Morgan fingerprint density at radius 1 is 1.09 bits per heavy atom. The van der Waals surface area contributed by atoms with Crippen molar-refractivity contribution in [2.75, 3.05) is 6.61 Å². The van der Waals surface area contributed by atoms with E-state index in [0.29, 0.717) is 37.5 Å². The van der Waals surface area contributed by atoms with E-state index in [1.165, 1.54) is 12.1 Å². The zero-order valence-electron chi connectivity index (χ0n) is 19.3. The summed E-state index contributed by atoms with van der Waals surface area (Å²) >= 11 is 1.64. The average molecular weight is 495 g/mol. The van der Waals surface area contributed by atoms with Gasteiger partial charge in [-0.15, -0.1) is 11.3 Å². The quantitative estimate of drug-likeness (QED) is 0.252. The van der Waals surface area contributed by atoms with Crippen molar-refractivity contribution in [1.29, 1.82) is 0 Å². The number of nitrogens with one attached hydrogen (secondary N) is 1. The fourth-order valence-corrected chi connectivity index (χ4v) is 4.70. The first-order chi connectivity index (χ1) is 17.0. The van der Waals surface area contributed by atoms with Crippen LogP contribution >= 0.6 is 11.3 Å². The van der Waals surface area contributed by atoms with Crippen molar-refractivity contribution in [2.45, 2.75) is 38.5 Å². The number of carbonyl (C=O) groups is 1. The third-order valence-electron chi connectivity index (χ3n) is 5.47. The average Bonchev–Trinajstić information content (AvgIpc) is 3.30. The second kappa shape index (κ2) is 11.8. The molecular weight excluding hydrogens is 467 g/mol. The highest BCUT2D eigenvalue weighted by Gasteiger charge is 2.18. The summed E-state index contributed by atoms with van der Waals surface area (Å²) in [4.78, 5) is 16.1. The lowest BCUT2D eigenvalue weighted by Gasteiger charge is -2.18. The lowest BCUT2D eigenvalue weighted by molar-refractivity contribution is -0.145. The van der Waals surface area contributed by atoms with Crippen LogP contribution in [0.5, 0.6) is 11.5 Å². The maximum atomic E-state index is 13.2. The van der Waals surface area contributed by atoms with E-state index < -0.39 is 12.1 Å². The van der Waals surface area contributed by atoms with Gasteiger partial charge in [0.2, 0.25) is 0 Å². The van der Waals surface area contributed by atoms with Crippen LogP contribution in [-0.4, -0.2) is 28.8 Å². The van der Waals surface area contributed by atoms with E-state index in [4.69, 9.17) is 14.5 Å². The third kappa shape index (κ3) is 6.77. The lowest BCUT2D eigenvalue weighted by Crippen LogP contribution is -2.26. The van der Waals surface area contributed by atoms with E-state index >= 15 is 0 Å². The third-order valence-corrected chi connectivity index (χ3v) is 6.62. The molecule has 0 aliphatic carbocycles. The highest BCUT2D eigenvalue weighted by Crippen LogP contribution is 2.29. The molecule has 0 saturated heterocycles. The lowest BCUT2D eigenvalue weighted by atomic mass is 10.1. The van der Waals surface area contributed by atoms with Crippen molar-refractivity contribution in [1.82, 2.24) is 10.3 Å². The second-order valence-corrected chi connectivity index (χ2v) is 9.11. The number of nitrogens with zero attached hydrogens (tertiary/aromatic N) is 1. The highest BCUT2D eigenvalue weighted by molar-refractivity contribution is 7.18. The van der Waals surface area contributed by atoms with E-state index in [9.17, 15) is 14.3 Å². The summed E-state index contributed by atoms with van der Waals surface area (Å²) in [6.07, 6.45) is 0.160. The molecule has 0 aliphatic heterocycles. The molecule has 182 valence electrons. The van der Waals surface area contributed by atoms with Crippen molar-refractivity contribution >= 4 is 27.5 Å². The molecule has 6 nitrogen and oxygen atoms in total. The van der Waals surface area contributed by atoms with Gasteiger partial charge in [0.15, 0.2) is 6.10 Å². The number of carboxylic acids is 1. The summed E-state index contributed by atoms with van der Waals surface area (Å²) in [5, 5.41) is 13.8. The number of thiazole rings is 1. The van der Waals surface area contributed by atoms with E-state index in [0.717, 1.165) is 20.8 Å². The number of carboxylic acid groups (broad SMARTS) is 1. The van der Waals surface area contributed by atoms with E-state index in [1.54, 1.807) is 36.5 Å². The van der Waals surface area contributed by atoms with Crippen LogP contribution in [0.4, 0.5) is 4.39 Å². The molecule has 35 heavy (non-hydrogen) atoms. The molecule has 1 heterocycles. The van der Waals surface area contributed by atoms with Crippen LogP contribution in [0.1, 0.15) is 36.4 Å². The van der Waals surface area contributed by atoms with Gasteiger partial charge in [-0.1, -0.05) is 31.2 Å². The van der Waals surface area contributed by atoms with Crippen LogP contribution in [-0.2, 0) is 11.3 Å². The number of hydrogen-bond acceptors (Lipinski definition) is 6. The Kier molecular flexibility index (Phi) is 8.28. The summed E-state index contributed by atoms with van der Waals surface area (Å²) in [5.41, 5.74) is 1.92. The van der Waals surface area contributed by atoms with Gasteiger partial charge in [-0.3, -0.25) is 0 Å². The number of para-hydroxylation sites is 1. The molecule has 0 bridgehead atoms. The van der Waals surface area contributed by atoms with Crippen molar-refractivity contribution in [3.8, 4) is 11.5 Å². The molecule has 2 N–H and O–H groups in total. The van der Waals surface area contributed by atoms with Crippen molar-refractivity contribution in [2.24, 2.45) is 0 Å². The number of ether oxygens (including phenoxy) is 2. The normalized spacial score (nSPS) is 12.9. The Bertz CT molecular complexity index is 1230. The van der Waals surface area contributed by atoms with Crippen molar-refractivity contribution in [3.63, 3.8) is 0 Å². The summed E-state index contributed by atoms with van der Waals surface area (Å²) in [6.45, 7) is 2.75. The first-order valence-corrected chi connectivity index (χ1v) is 12.3. The fourth-order valence-electron chi connectivity index (χ4n) is 3.62. The number of rotatable bonds is 12. The molecule has 8 heteroatoms. The minimum Gasteiger partial charge on any atom is -0.494 e. The summed E-state index contributed by atoms with van der Waals surface area (Å²) in [5.74, 6) is -0.141. The van der Waals surface area contributed by atoms with Gasteiger partial charge in [-0.25, -0.2) is 14.2 Å². The molecule has 3 aromatic carbocycles. The van der Waals surface area contributed by atoms with Gasteiger partial charge in [0.25, 0.3) is 0 Å². The van der Waals surface area contributed by atoms with Crippen LogP contribution in [0.3, 0.4) is 0 Å². The Balaban J connectivity index is 1.45. The van der Waals surface area contributed by atoms with Gasteiger partial charge in [0.05, 0.1) is 22.9 Å². The molecule has 0 fully saturated rings. The monoisotopic (exact) mass is 494 g/mol. The Labute approximate surface area is 207 Å². The predicted molar refractivity (Wildman–Crippen MR) is 134 cm³/mol. The molecule has 0 saturated carbocycles. The summed E-state index contributed by atoms with van der Waals surface area (Å²) in [6, 6.07) is 21.3. The first-order valence-electron chi connectivity index (χ1n) is 11.5. The number of fused-ring (bicyclic) bond motifs is 1. The zero-order valence-corrected chi connectivity index (χ0v) is 20.1. The topological polar surface area (TPSA) is 80.7 Å². The van der Waals surface area contributed by atoms with E-state index in [1.807, 2.05) is 36.4 Å². The summed E-state index contributed by atoms with van der Waals surface area (Å²) < 4.78 is 25.7. The van der Waals surface area contributed by atoms with Gasteiger partial charge < -0.3 is 19.9 Å². The SMILES string of the molecule is CCC(Oc1cccc(CNC(CCOc2ccc(F)cc2)c2nc3ccccc3s2)c1)C(=O)O. The molecule has 0 amide bonds. The Morgan fingerprint density at radius 2 is 1.89 bits per heavy atom. The van der Waals surface area contributed by atoms with Gasteiger partial charge in [0.1, 0.15) is 22.3 Å². The molecule has 2 unspecified atom stereocenters. The number of hydrogen-bond donors (Lipinski definition) is 2. The van der Waals surface area contributed by atoms with Gasteiger partial charge >= 0.3 is 5.97 Å². The Morgan fingerprint density at radius 3 is 2.63 bits per heavy atom. The number of halogens is 1. The molecule has 4 aromatic rings. The van der Waals surface area contributed by atoms with Crippen LogP contribution in [0.25, 0.3) is 10.2 Å². The Hall–Kier alpha value is -3.49. The second-order valence-electron chi connectivity index (χ2n) is 8.04. The van der Waals surface area contributed by atoms with Crippen LogP contribution in [0.2, 0.25) is 0 Å². The van der Waals surface area contributed by atoms with Crippen LogP contribution < -0.4 is 14.8 Å². The number of benzene rings is 3. The maximum absolute atomic E-state index is 13.2. The van der Waals surface area contributed by atoms with Crippen LogP contribution in [0, 0.1) is 5.82 Å². The number of aliphatic carboxylic acids is 1. The maximum Gasteiger partial charge on any atom is 0.344 e. The van der Waals surface area contributed by atoms with E-state index in [2.05, 4.69) is 11.4 Å². The number of aromatic nitrogens is 1. The van der Waals surface area contributed by atoms with E-state index in [-0.39, 0.29) is 11.9 Å². The predicted octanol–water partition coefficient (Wildman–Crippen LogP) is 5.98. The molecule has 0 radical (unpaired) electrons. The van der Waals surface area contributed by atoms with Crippen LogP contribution in [0.15, 0.2) is 72.8 Å². The van der Waals surface area contributed by atoms with Gasteiger partial charge in [-0.2, -0.15) is 0 Å².